The van der Waals surface area contributed by atoms with Crippen molar-refractivity contribution in [2.24, 2.45) is 0 Å². The Morgan fingerprint density at radius 1 is 1.28 bits per heavy atom. The van der Waals surface area contributed by atoms with Crippen LogP contribution < -0.4 is 0 Å². The number of hydrogen-bond donors (Lipinski definition) is 0. The highest BCUT2D eigenvalue weighted by Crippen LogP contribution is 2.27. The Hall–Kier alpha value is -0.870. The van der Waals surface area contributed by atoms with Gasteiger partial charge in [0.25, 0.3) is 0 Å². The van der Waals surface area contributed by atoms with Crippen molar-refractivity contribution in [3.63, 3.8) is 0 Å². The van der Waals surface area contributed by atoms with Crippen molar-refractivity contribution in [2.75, 3.05) is 26.2 Å². The highest BCUT2D eigenvalue weighted by molar-refractivity contribution is 5.81. The van der Waals surface area contributed by atoms with Crippen LogP contribution in [0.15, 0.2) is 12.2 Å². The average Bonchev–Trinajstić information content (AvgIpc) is 2.12. The molecule has 0 amide bonds. The van der Waals surface area contributed by atoms with E-state index in [2.05, 4.69) is 32.6 Å². The van der Waals surface area contributed by atoms with Gasteiger partial charge in [0.15, 0.2) is 0 Å². The highest BCUT2D eigenvalue weighted by Gasteiger charge is 2.37. The fourth-order valence-corrected chi connectivity index (χ4v) is 2.56. The average molecular weight is 255 g/mol. The summed E-state index contributed by atoms with van der Waals surface area (Å²) < 4.78 is 10.8. The van der Waals surface area contributed by atoms with E-state index in [1.807, 2.05) is 6.08 Å². The number of rotatable bonds is 4. The zero-order valence-corrected chi connectivity index (χ0v) is 12.2. The van der Waals surface area contributed by atoms with Crippen LogP contribution in [0.1, 0.15) is 34.6 Å². The van der Waals surface area contributed by atoms with E-state index in [9.17, 15) is 4.79 Å². The van der Waals surface area contributed by atoms with Gasteiger partial charge in [0.2, 0.25) is 0 Å². The predicted octanol–water partition coefficient (Wildman–Crippen LogP) is 2.00. The number of carbonyl (C=O) groups excluding carboxylic acids is 1. The van der Waals surface area contributed by atoms with E-state index in [0.717, 1.165) is 19.6 Å². The molecule has 4 nitrogen and oxygen atoms in total. The number of hydrogen-bond acceptors (Lipinski definition) is 4. The zero-order valence-electron chi connectivity index (χ0n) is 12.2. The minimum atomic E-state index is -0.274. The Labute approximate surface area is 110 Å². The molecule has 0 aliphatic carbocycles. The Balaban J connectivity index is 2.49. The first-order valence-corrected chi connectivity index (χ1v) is 6.50. The summed E-state index contributed by atoms with van der Waals surface area (Å²) in [7, 11) is 0. The summed E-state index contributed by atoms with van der Waals surface area (Å²) in [5, 5.41) is 0. The molecule has 0 aromatic heterocycles. The molecular formula is C14H25NO3. The molecule has 0 spiro atoms. The molecule has 0 radical (unpaired) electrons. The molecular weight excluding hydrogens is 230 g/mol. The van der Waals surface area contributed by atoms with E-state index < -0.39 is 0 Å². The van der Waals surface area contributed by atoms with Gasteiger partial charge in [-0.05, 0) is 34.6 Å². The molecule has 0 saturated carbocycles. The van der Waals surface area contributed by atoms with Gasteiger partial charge in [0.1, 0.15) is 0 Å². The zero-order chi connectivity index (χ0) is 13.8. The fraction of sp³-hybridized carbons (Fsp3) is 0.786. The Morgan fingerprint density at radius 3 is 2.33 bits per heavy atom. The van der Waals surface area contributed by atoms with Crippen molar-refractivity contribution >= 4 is 5.97 Å². The quantitative estimate of drug-likeness (QED) is 0.569. The molecule has 0 bridgehead atoms. The van der Waals surface area contributed by atoms with E-state index in [-0.39, 0.29) is 17.2 Å². The maximum absolute atomic E-state index is 11.2. The van der Waals surface area contributed by atoms with Crippen LogP contribution in [-0.2, 0) is 14.3 Å². The maximum atomic E-state index is 11.2. The molecule has 1 heterocycles. The molecule has 18 heavy (non-hydrogen) atoms. The molecule has 0 atom stereocenters. The summed E-state index contributed by atoms with van der Waals surface area (Å²) in [6.45, 7) is 13.1. The summed E-state index contributed by atoms with van der Waals surface area (Å²) in [6, 6.07) is 0. The molecule has 1 rings (SSSR count). The van der Waals surface area contributed by atoms with Crippen molar-refractivity contribution < 1.29 is 14.3 Å². The van der Waals surface area contributed by atoms with Gasteiger partial charge in [-0.25, -0.2) is 4.79 Å². The monoisotopic (exact) mass is 255 g/mol. The van der Waals surface area contributed by atoms with Crippen LogP contribution in [0.4, 0.5) is 0 Å². The summed E-state index contributed by atoms with van der Waals surface area (Å²) >= 11 is 0. The predicted molar refractivity (Wildman–Crippen MR) is 71.5 cm³/mol. The minimum absolute atomic E-state index is 0.153. The standard InChI is InChI=1S/C14H25NO3/c1-6-17-12(16)8-7-9-15-10-13(2,3)18-14(4,5)11-15/h7-8H,6,9-11H2,1-5H3/b8-7+. The van der Waals surface area contributed by atoms with E-state index in [4.69, 9.17) is 9.47 Å². The Kier molecular flexibility index (Phi) is 4.93. The summed E-state index contributed by atoms with van der Waals surface area (Å²) in [4.78, 5) is 13.5. The van der Waals surface area contributed by atoms with Gasteiger partial charge in [0, 0.05) is 25.7 Å². The van der Waals surface area contributed by atoms with E-state index in [1.54, 1.807) is 6.92 Å². The van der Waals surface area contributed by atoms with Gasteiger partial charge in [-0.2, -0.15) is 0 Å². The van der Waals surface area contributed by atoms with Gasteiger partial charge >= 0.3 is 5.97 Å². The van der Waals surface area contributed by atoms with Crippen LogP contribution in [0.2, 0.25) is 0 Å². The normalized spacial score (nSPS) is 23.2. The van der Waals surface area contributed by atoms with Gasteiger partial charge < -0.3 is 9.47 Å². The summed E-state index contributed by atoms with van der Waals surface area (Å²) in [5.41, 5.74) is -0.307. The first-order valence-electron chi connectivity index (χ1n) is 6.50. The Bertz CT molecular complexity index is 305. The second-order valence-electron chi connectivity index (χ2n) is 5.95. The van der Waals surface area contributed by atoms with Crippen molar-refractivity contribution in [2.45, 2.75) is 45.8 Å². The van der Waals surface area contributed by atoms with Crippen molar-refractivity contribution in [1.82, 2.24) is 4.90 Å². The molecule has 0 aromatic rings. The third kappa shape index (κ3) is 5.19. The van der Waals surface area contributed by atoms with Gasteiger partial charge in [-0.3, -0.25) is 4.90 Å². The molecule has 104 valence electrons. The van der Waals surface area contributed by atoms with Crippen molar-refractivity contribution in [3.05, 3.63) is 12.2 Å². The van der Waals surface area contributed by atoms with Crippen molar-refractivity contribution in [1.29, 1.82) is 0 Å². The second kappa shape index (κ2) is 5.85. The first-order chi connectivity index (χ1) is 8.24. The molecule has 1 saturated heterocycles. The van der Waals surface area contributed by atoms with Crippen LogP contribution in [0.5, 0.6) is 0 Å². The molecule has 0 unspecified atom stereocenters. The van der Waals surface area contributed by atoms with Gasteiger partial charge in [-0.1, -0.05) is 6.08 Å². The summed E-state index contributed by atoms with van der Waals surface area (Å²) in [6.07, 6.45) is 3.36. The van der Waals surface area contributed by atoms with Crippen LogP contribution in [-0.4, -0.2) is 48.3 Å². The first kappa shape index (κ1) is 15.2. The van der Waals surface area contributed by atoms with Crippen LogP contribution >= 0.6 is 0 Å². The summed E-state index contributed by atoms with van der Waals surface area (Å²) in [5.74, 6) is -0.274. The van der Waals surface area contributed by atoms with Gasteiger partial charge in [0.05, 0.1) is 17.8 Å². The van der Waals surface area contributed by atoms with E-state index in [0.29, 0.717) is 6.61 Å². The number of esters is 1. The lowest BCUT2D eigenvalue weighted by Crippen LogP contribution is -2.57. The molecule has 0 aromatic carbocycles. The SMILES string of the molecule is CCOC(=O)/C=C/CN1CC(C)(C)OC(C)(C)C1. The lowest BCUT2D eigenvalue weighted by molar-refractivity contribution is -0.178. The smallest absolute Gasteiger partial charge is 0.330 e. The number of nitrogens with zero attached hydrogens (tertiary/aromatic N) is 1. The molecule has 1 fully saturated rings. The van der Waals surface area contributed by atoms with Crippen molar-refractivity contribution in [3.8, 4) is 0 Å². The largest absolute Gasteiger partial charge is 0.463 e. The molecule has 1 aliphatic rings. The number of ether oxygens (including phenoxy) is 2. The van der Waals surface area contributed by atoms with Crippen LogP contribution in [0, 0.1) is 0 Å². The molecule has 4 heteroatoms. The maximum Gasteiger partial charge on any atom is 0.330 e. The van der Waals surface area contributed by atoms with E-state index >= 15 is 0 Å². The third-order valence-corrected chi connectivity index (χ3v) is 2.67. The Morgan fingerprint density at radius 2 is 1.83 bits per heavy atom. The second-order valence-corrected chi connectivity index (χ2v) is 5.95. The van der Waals surface area contributed by atoms with Crippen LogP contribution in [0.3, 0.4) is 0 Å². The molecule has 1 aliphatic heterocycles. The highest BCUT2D eigenvalue weighted by atomic mass is 16.5. The topological polar surface area (TPSA) is 38.8 Å². The number of morpholine rings is 1. The van der Waals surface area contributed by atoms with Crippen LogP contribution in [0.25, 0.3) is 0 Å². The minimum Gasteiger partial charge on any atom is -0.463 e. The third-order valence-electron chi connectivity index (χ3n) is 2.67. The molecule has 0 N–H and O–H groups in total. The lowest BCUT2D eigenvalue weighted by Gasteiger charge is -2.47. The lowest BCUT2D eigenvalue weighted by atomic mass is 9.99. The van der Waals surface area contributed by atoms with Gasteiger partial charge in [-0.15, -0.1) is 0 Å². The number of carbonyl (C=O) groups is 1. The van der Waals surface area contributed by atoms with E-state index in [1.165, 1.54) is 6.08 Å². The fourth-order valence-electron chi connectivity index (χ4n) is 2.56.